The molecule has 0 radical (unpaired) electrons. The van der Waals surface area contributed by atoms with Gasteiger partial charge in [0.25, 0.3) is 0 Å². The minimum Gasteiger partial charge on any atom is -0.465 e. The van der Waals surface area contributed by atoms with E-state index >= 15 is 0 Å². The minimum absolute atomic E-state index is 0.0542. The van der Waals surface area contributed by atoms with Crippen molar-refractivity contribution in [3.63, 3.8) is 0 Å². The van der Waals surface area contributed by atoms with Crippen molar-refractivity contribution in [3.05, 3.63) is 71.8 Å². The average molecular weight is 651 g/mol. The summed E-state index contributed by atoms with van der Waals surface area (Å²) in [7, 11) is 0. The standard InChI is InChI=1S/C36H42O11/c1-21(37)43-20-35-26(46-31(40)24-13-9-7-10-14-24)17-18-34(6,42)36(35)19-33(4,5)27(29(36)45-23(3)39)28(44-22(2)38)30(35)47-32(41)25-15-11-8-12-16-25/h7-16,26-30,42H,17-20H2,1-6H3/t26-,27+,28+,29+,30+,34-,35-,36+/m0/s1. The molecule has 47 heavy (non-hydrogen) atoms. The number of aliphatic hydroxyl groups is 1. The van der Waals surface area contributed by atoms with Gasteiger partial charge in [0.05, 0.1) is 27.6 Å². The first-order chi connectivity index (χ1) is 22.1. The smallest absolute Gasteiger partial charge is 0.338 e. The van der Waals surface area contributed by atoms with Gasteiger partial charge >= 0.3 is 29.8 Å². The van der Waals surface area contributed by atoms with Gasteiger partial charge in [0.2, 0.25) is 0 Å². The Labute approximate surface area is 273 Å². The second-order valence-electron chi connectivity index (χ2n) is 13.9. The highest BCUT2D eigenvalue weighted by molar-refractivity contribution is 5.90. The lowest BCUT2D eigenvalue weighted by Crippen LogP contribution is -2.79. The van der Waals surface area contributed by atoms with Gasteiger partial charge in [-0.25, -0.2) is 9.59 Å². The fourth-order valence-corrected chi connectivity index (χ4v) is 8.87. The van der Waals surface area contributed by atoms with E-state index < -0.39 is 88.6 Å². The van der Waals surface area contributed by atoms with Gasteiger partial charge in [0.1, 0.15) is 24.9 Å². The van der Waals surface area contributed by atoms with Gasteiger partial charge in [0, 0.05) is 26.7 Å². The van der Waals surface area contributed by atoms with E-state index in [2.05, 4.69) is 0 Å². The SMILES string of the molecule is CC(=O)OC[C@@]12[C@@H](OC(=O)c3ccccc3)CC[C@](C)(O)[C@]13CC(C)(C)[C@H]([C@@H](OC(C)=O)[C@H]2OC(=O)c1ccccc1)[C@H]3OC(C)=O. The van der Waals surface area contributed by atoms with Crippen molar-refractivity contribution in [2.45, 2.75) is 90.8 Å². The highest BCUT2D eigenvalue weighted by Crippen LogP contribution is 2.75. The molecule has 1 spiro atoms. The molecule has 252 valence electrons. The van der Waals surface area contributed by atoms with Gasteiger partial charge in [-0.3, -0.25) is 14.4 Å². The van der Waals surface area contributed by atoms with Crippen LogP contribution in [-0.4, -0.2) is 71.6 Å². The third-order valence-corrected chi connectivity index (χ3v) is 10.5. The van der Waals surface area contributed by atoms with Crippen molar-refractivity contribution in [1.29, 1.82) is 0 Å². The number of hydrogen-bond donors (Lipinski definition) is 1. The van der Waals surface area contributed by atoms with E-state index in [-0.39, 0.29) is 30.4 Å². The van der Waals surface area contributed by atoms with Gasteiger partial charge < -0.3 is 28.8 Å². The zero-order valence-electron chi connectivity index (χ0n) is 27.5. The van der Waals surface area contributed by atoms with Crippen LogP contribution in [0.3, 0.4) is 0 Å². The van der Waals surface area contributed by atoms with Crippen molar-refractivity contribution >= 4 is 29.8 Å². The summed E-state index contributed by atoms with van der Waals surface area (Å²) in [5, 5.41) is 12.6. The van der Waals surface area contributed by atoms with E-state index in [0.29, 0.717) is 0 Å². The molecule has 8 atom stereocenters. The maximum Gasteiger partial charge on any atom is 0.338 e. The molecule has 2 aromatic rings. The predicted octanol–water partition coefficient (Wildman–Crippen LogP) is 4.44. The van der Waals surface area contributed by atoms with Crippen molar-refractivity contribution < 1.29 is 52.8 Å². The normalized spacial score (nSPS) is 33.5. The van der Waals surface area contributed by atoms with Crippen LogP contribution in [0.15, 0.2) is 60.7 Å². The largest absolute Gasteiger partial charge is 0.465 e. The fraction of sp³-hybridized carbons (Fsp3) is 0.528. The van der Waals surface area contributed by atoms with Gasteiger partial charge in [-0.15, -0.1) is 0 Å². The molecule has 0 heterocycles. The Balaban J connectivity index is 1.83. The lowest BCUT2D eigenvalue weighted by Gasteiger charge is -2.67. The summed E-state index contributed by atoms with van der Waals surface area (Å²) in [6.45, 7) is 8.54. The summed E-state index contributed by atoms with van der Waals surface area (Å²) >= 11 is 0. The number of carbonyl (C=O) groups is 5. The highest BCUT2D eigenvalue weighted by atomic mass is 16.6. The van der Waals surface area contributed by atoms with Crippen LogP contribution in [0.4, 0.5) is 0 Å². The Hall–Kier alpha value is -4.25. The van der Waals surface area contributed by atoms with E-state index in [9.17, 15) is 29.1 Å². The lowest BCUT2D eigenvalue weighted by molar-refractivity contribution is -0.327. The average Bonchev–Trinajstić information content (AvgIpc) is 3.20. The zero-order chi connectivity index (χ0) is 34.4. The van der Waals surface area contributed by atoms with Crippen LogP contribution in [0.25, 0.3) is 0 Å². The third-order valence-electron chi connectivity index (χ3n) is 10.5. The highest BCUT2D eigenvalue weighted by Gasteiger charge is 2.85. The topological polar surface area (TPSA) is 152 Å². The van der Waals surface area contributed by atoms with Gasteiger partial charge in [-0.2, -0.15) is 0 Å². The maximum absolute atomic E-state index is 13.9. The molecule has 0 aromatic heterocycles. The van der Waals surface area contributed by atoms with Gasteiger partial charge in [-0.1, -0.05) is 50.2 Å². The molecule has 2 bridgehead atoms. The Morgan fingerprint density at radius 1 is 0.723 bits per heavy atom. The second kappa shape index (κ2) is 12.4. The number of hydrogen-bond acceptors (Lipinski definition) is 11. The van der Waals surface area contributed by atoms with Gasteiger partial charge in [0.15, 0.2) is 6.10 Å². The predicted molar refractivity (Wildman–Crippen MR) is 166 cm³/mol. The number of fused-ring (bicyclic) bond motifs is 1. The number of carbonyl (C=O) groups excluding carboxylic acids is 5. The summed E-state index contributed by atoms with van der Waals surface area (Å²) in [4.78, 5) is 66.0. The molecular weight excluding hydrogens is 608 g/mol. The Morgan fingerprint density at radius 3 is 1.77 bits per heavy atom. The third kappa shape index (κ3) is 5.68. The Morgan fingerprint density at radius 2 is 1.26 bits per heavy atom. The fourth-order valence-electron chi connectivity index (χ4n) is 8.87. The van der Waals surface area contributed by atoms with Crippen molar-refractivity contribution in [2.24, 2.45) is 22.2 Å². The van der Waals surface area contributed by atoms with E-state index in [4.69, 9.17) is 23.7 Å². The van der Waals surface area contributed by atoms with Crippen molar-refractivity contribution in [1.82, 2.24) is 0 Å². The van der Waals surface area contributed by atoms with Crippen LogP contribution in [-0.2, 0) is 38.1 Å². The minimum atomic E-state index is -1.78. The van der Waals surface area contributed by atoms with Crippen molar-refractivity contribution in [3.8, 4) is 0 Å². The van der Waals surface area contributed by atoms with E-state index in [0.717, 1.165) is 0 Å². The molecule has 1 N–H and O–H groups in total. The molecule has 0 amide bonds. The molecule has 11 heteroatoms. The van der Waals surface area contributed by atoms with Crippen LogP contribution < -0.4 is 0 Å². The first-order valence-electron chi connectivity index (χ1n) is 15.8. The molecule has 0 aliphatic heterocycles. The first kappa shape index (κ1) is 34.1. The van der Waals surface area contributed by atoms with E-state index in [1.807, 2.05) is 13.8 Å². The summed E-state index contributed by atoms with van der Waals surface area (Å²) in [6, 6.07) is 16.5. The lowest BCUT2D eigenvalue weighted by atomic mass is 9.42. The monoisotopic (exact) mass is 650 g/mol. The van der Waals surface area contributed by atoms with Gasteiger partial charge in [-0.05, 0) is 55.9 Å². The van der Waals surface area contributed by atoms with E-state index in [1.165, 1.54) is 20.8 Å². The van der Waals surface area contributed by atoms with Crippen LogP contribution in [0.1, 0.15) is 81.5 Å². The van der Waals surface area contributed by atoms with Crippen LogP contribution in [0.5, 0.6) is 0 Å². The summed E-state index contributed by atoms with van der Waals surface area (Å²) in [6.07, 6.45) is -4.70. The molecule has 3 fully saturated rings. The Bertz CT molecular complexity index is 1530. The zero-order valence-corrected chi connectivity index (χ0v) is 27.5. The molecule has 2 aromatic carbocycles. The first-order valence-corrected chi connectivity index (χ1v) is 15.8. The second-order valence-corrected chi connectivity index (χ2v) is 13.9. The summed E-state index contributed by atoms with van der Waals surface area (Å²) in [5.41, 5.74) is -5.33. The molecule has 0 unspecified atom stereocenters. The molecule has 3 saturated carbocycles. The molecule has 3 aliphatic carbocycles. The molecule has 11 nitrogen and oxygen atoms in total. The molecular formula is C36H42O11. The number of ether oxygens (including phenoxy) is 5. The number of rotatable bonds is 8. The van der Waals surface area contributed by atoms with Crippen LogP contribution in [0.2, 0.25) is 0 Å². The molecule has 5 rings (SSSR count). The van der Waals surface area contributed by atoms with Crippen LogP contribution in [0, 0.1) is 22.2 Å². The van der Waals surface area contributed by atoms with E-state index in [1.54, 1.807) is 67.6 Å². The quantitative estimate of drug-likeness (QED) is 0.319. The molecule has 0 saturated heterocycles. The summed E-state index contributed by atoms with van der Waals surface area (Å²) in [5.74, 6) is -4.30. The Kier molecular flexibility index (Phi) is 9.00. The molecule has 3 aliphatic rings. The summed E-state index contributed by atoms with van der Waals surface area (Å²) < 4.78 is 30.6. The number of esters is 5. The van der Waals surface area contributed by atoms with Crippen molar-refractivity contribution in [2.75, 3.05) is 6.61 Å². The number of benzene rings is 2. The maximum atomic E-state index is 13.9. The van der Waals surface area contributed by atoms with Crippen LogP contribution >= 0.6 is 0 Å².